The van der Waals surface area contributed by atoms with Crippen molar-refractivity contribution < 1.29 is 9.53 Å². The van der Waals surface area contributed by atoms with Crippen molar-refractivity contribution in [3.05, 3.63) is 46.2 Å². The molecule has 0 aliphatic carbocycles. The Hall–Kier alpha value is -1.79. The molecule has 1 aliphatic heterocycles. The van der Waals surface area contributed by atoms with Crippen molar-refractivity contribution in [3.63, 3.8) is 0 Å². The summed E-state index contributed by atoms with van der Waals surface area (Å²) in [6.07, 6.45) is 3.05. The van der Waals surface area contributed by atoms with Gasteiger partial charge >= 0.3 is 0 Å². The molecule has 0 aromatic carbocycles. The number of aromatic nitrogens is 2. The van der Waals surface area contributed by atoms with Crippen LogP contribution in [0.3, 0.4) is 0 Å². The summed E-state index contributed by atoms with van der Waals surface area (Å²) in [7, 11) is 0. The second kappa shape index (κ2) is 7.19. The molecule has 5 nitrogen and oxygen atoms in total. The predicted molar refractivity (Wildman–Crippen MR) is 89.5 cm³/mol. The summed E-state index contributed by atoms with van der Waals surface area (Å²) in [4.78, 5) is 23.2. The maximum atomic E-state index is 12.4. The van der Waals surface area contributed by atoms with Crippen molar-refractivity contribution in [1.29, 1.82) is 0 Å². The van der Waals surface area contributed by atoms with E-state index in [4.69, 9.17) is 4.74 Å². The number of amides is 1. The fourth-order valence-corrected chi connectivity index (χ4v) is 3.63. The Morgan fingerprint density at radius 2 is 2.09 bits per heavy atom. The fraction of sp³-hybridized carbons (Fsp3) is 0.471. The molecular weight excluding hydrogens is 310 g/mol. The van der Waals surface area contributed by atoms with E-state index in [9.17, 15) is 4.79 Å². The molecule has 6 heteroatoms. The lowest BCUT2D eigenvalue weighted by molar-refractivity contribution is -0.142. The van der Waals surface area contributed by atoms with Crippen molar-refractivity contribution in [3.8, 4) is 0 Å². The summed E-state index contributed by atoms with van der Waals surface area (Å²) >= 11 is 1.59. The number of hydrogen-bond donors (Lipinski definition) is 0. The molecule has 1 fully saturated rings. The number of thiazole rings is 1. The summed E-state index contributed by atoms with van der Waals surface area (Å²) in [6.45, 7) is 5.33. The average Bonchev–Trinajstić information content (AvgIpc) is 2.94. The lowest BCUT2D eigenvalue weighted by Gasteiger charge is -2.35. The standard InChI is InChI=1S/C17H21N3O2S/c1-12-9-20(10-13(2)22-12)17(21)8-15-11-23-16(19-15)7-14-5-3-4-6-18-14/h3-6,11-13H,7-10H2,1-2H3/t12-,13-/m1/s1. The van der Waals surface area contributed by atoms with Crippen LogP contribution in [0.1, 0.15) is 30.2 Å². The monoisotopic (exact) mass is 331 g/mol. The summed E-state index contributed by atoms with van der Waals surface area (Å²) in [6, 6.07) is 5.86. The third-order valence-corrected chi connectivity index (χ3v) is 4.66. The number of ether oxygens (including phenoxy) is 1. The Morgan fingerprint density at radius 1 is 1.30 bits per heavy atom. The van der Waals surface area contributed by atoms with Gasteiger partial charge in [0.05, 0.1) is 29.3 Å². The van der Waals surface area contributed by atoms with Crippen LogP contribution in [0.15, 0.2) is 29.8 Å². The van der Waals surface area contributed by atoms with Crippen LogP contribution >= 0.6 is 11.3 Å². The van der Waals surface area contributed by atoms with E-state index in [1.165, 1.54) is 0 Å². The normalized spacial score (nSPS) is 21.4. The highest BCUT2D eigenvalue weighted by Gasteiger charge is 2.26. The Bertz CT molecular complexity index is 649. The first-order valence-corrected chi connectivity index (χ1v) is 8.74. The Morgan fingerprint density at radius 3 is 2.78 bits per heavy atom. The van der Waals surface area contributed by atoms with Crippen LogP contribution in [0.5, 0.6) is 0 Å². The number of carbonyl (C=O) groups excluding carboxylic acids is 1. The van der Waals surface area contributed by atoms with Gasteiger partial charge in [0.1, 0.15) is 0 Å². The smallest absolute Gasteiger partial charge is 0.228 e. The SMILES string of the molecule is C[C@@H]1CN(C(=O)Cc2csc(Cc3ccccn3)n2)C[C@@H](C)O1. The molecule has 3 rings (SSSR count). The molecule has 1 saturated heterocycles. The van der Waals surface area contributed by atoms with E-state index in [0.29, 0.717) is 25.9 Å². The van der Waals surface area contributed by atoms with Gasteiger partial charge in [0.25, 0.3) is 0 Å². The Labute approximate surface area is 140 Å². The fourth-order valence-electron chi connectivity index (χ4n) is 2.82. The van der Waals surface area contributed by atoms with Crippen molar-refractivity contribution in [2.45, 2.75) is 38.9 Å². The van der Waals surface area contributed by atoms with Gasteiger partial charge in [-0.25, -0.2) is 4.98 Å². The van der Waals surface area contributed by atoms with E-state index in [-0.39, 0.29) is 18.1 Å². The molecule has 1 amide bonds. The van der Waals surface area contributed by atoms with E-state index >= 15 is 0 Å². The van der Waals surface area contributed by atoms with Gasteiger partial charge in [-0.2, -0.15) is 0 Å². The molecule has 0 radical (unpaired) electrons. The van der Waals surface area contributed by atoms with Crippen LogP contribution in [-0.4, -0.2) is 46.1 Å². The molecule has 2 aromatic rings. The number of carbonyl (C=O) groups is 1. The number of morpholine rings is 1. The van der Waals surface area contributed by atoms with Gasteiger partial charge in [-0.15, -0.1) is 11.3 Å². The summed E-state index contributed by atoms with van der Waals surface area (Å²) in [5.41, 5.74) is 1.84. The first kappa shape index (κ1) is 16.1. The van der Waals surface area contributed by atoms with Gasteiger partial charge in [0.2, 0.25) is 5.91 Å². The third kappa shape index (κ3) is 4.36. The van der Waals surface area contributed by atoms with E-state index in [2.05, 4.69) is 9.97 Å². The molecule has 0 spiro atoms. The van der Waals surface area contributed by atoms with Gasteiger partial charge < -0.3 is 9.64 Å². The average molecular weight is 331 g/mol. The lowest BCUT2D eigenvalue weighted by atomic mass is 10.2. The van der Waals surface area contributed by atoms with Crippen molar-refractivity contribution in [2.75, 3.05) is 13.1 Å². The second-order valence-corrected chi connectivity index (χ2v) is 6.91. The van der Waals surface area contributed by atoms with Gasteiger partial charge in [-0.1, -0.05) is 6.07 Å². The molecule has 23 heavy (non-hydrogen) atoms. The van der Waals surface area contributed by atoms with E-state index < -0.39 is 0 Å². The Balaban J connectivity index is 1.59. The highest BCUT2D eigenvalue weighted by molar-refractivity contribution is 7.09. The molecule has 0 bridgehead atoms. The molecule has 122 valence electrons. The minimum atomic E-state index is 0.0952. The quantitative estimate of drug-likeness (QED) is 0.863. The second-order valence-electron chi connectivity index (χ2n) is 5.96. The minimum absolute atomic E-state index is 0.0952. The Kier molecular flexibility index (Phi) is 5.03. The van der Waals surface area contributed by atoms with E-state index in [0.717, 1.165) is 16.4 Å². The molecule has 0 unspecified atom stereocenters. The van der Waals surface area contributed by atoms with Crippen LogP contribution in [0, 0.1) is 0 Å². The topological polar surface area (TPSA) is 55.3 Å². The predicted octanol–water partition coefficient (Wildman–Crippen LogP) is 2.31. The number of nitrogens with zero attached hydrogens (tertiary/aromatic N) is 3. The highest BCUT2D eigenvalue weighted by Crippen LogP contribution is 2.16. The number of pyridine rings is 1. The van der Waals surface area contributed by atoms with Gasteiger partial charge in [-0.3, -0.25) is 9.78 Å². The van der Waals surface area contributed by atoms with Crippen LogP contribution in [0.25, 0.3) is 0 Å². The molecule has 0 saturated carbocycles. The molecule has 3 heterocycles. The zero-order chi connectivity index (χ0) is 16.2. The maximum Gasteiger partial charge on any atom is 0.228 e. The lowest BCUT2D eigenvalue weighted by Crippen LogP contribution is -2.48. The minimum Gasteiger partial charge on any atom is -0.372 e. The summed E-state index contributed by atoms with van der Waals surface area (Å²) in [5.74, 6) is 0.127. The first-order chi connectivity index (χ1) is 11.1. The van der Waals surface area contributed by atoms with E-state index in [1.54, 1.807) is 17.5 Å². The largest absolute Gasteiger partial charge is 0.372 e. The van der Waals surface area contributed by atoms with Gasteiger partial charge in [0.15, 0.2) is 0 Å². The molecular formula is C17H21N3O2S. The van der Waals surface area contributed by atoms with Crippen molar-refractivity contribution >= 4 is 17.2 Å². The zero-order valence-corrected chi connectivity index (χ0v) is 14.3. The van der Waals surface area contributed by atoms with E-state index in [1.807, 2.05) is 42.3 Å². The van der Waals surface area contributed by atoms with Crippen LogP contribution in [0.4, 0.5) is 0 Å². The van der Waals surface area contributed by atoms with Gasteiger partial charge in [0, 0.05) is 36.8 Å². The highest BCUT2D eigenvalue weighted by atomic mass is 32.1. The summed E-state index contributed by atoms with van der Waals surface area (Å²) < 4.78 is 5.67. The third-order valence-electron chi connectivity index (χ3n) is 3.76. The van der Waals surface area contributed by atoms with Crippen molar-refractivity contribution in [2.24, 2.45) is 0 Å². The number of rotatable bonds is 4. The van der Waals surface area contributed by atoms with Crippen LogP contribution < -0.4 is 0 Å². The number of hydrogen-bond acceptors (Lipinski definition) is 5. The molecule has 1 aliphatic rings. The molecule has 0 N–H and O–H groups in total. The maximum absolute atomic E-state index is 12.4. The zero-order valence-electron chi connectivity index (χ0n) is 13.4. The molecule has 2 atom stereocenters. The van der Waals surface area contributed by atoms with Crippen molar-refractivity contribution in [1.82, 2.24) is 14.9 Å². The summed E-state index contributed by atoms with van der Waals surface area (Å²) in [5, 5.41) is 2.97. The van der Waals surface area contributed by atoms with Gasteiger partial charge in [-0.05, 0) is 26.0 Å². The van der Waals surface area contributed by atoms with Crippen LogP contribution in [-0.2, 0) is 22.4 Å². The first-order valence-electron chi connectivity index (χ1n) is 7.86. The molecule has 2 aromatic heterocycles. The van der Waals surface area contributed by atoms with Crippen LogP contribution in [0.2, 0.25) is 0 Å².